The highest BCUT2D eigenvalue weighted by atomic mass is 16.4. The van der Waals surface area contributed by atoms with E-state index in [2.05, 4.69) is 47.2 Å². The lowest BCUT2D eigenvalue weighted by Crippen LogP contribution is -2.36. The number of rotatable bonds is 3. The molecule has 24 heavy (non-hydrogen) atoms. The average Bonchev–Trinajstić information content (AvgIpc) is 2.79. The first-order valence-corrected chi connectivity index (χ1v) is 8.13. The lowest BCUT2D eigenvalue weighted by Gasteiger charge is -2.27. The van der Waals surface area contributed by atoms with Crippen molar-refractivity contribution in [3.63, 3.8) is 0 Å². The molecule has 2 atom stereocenters. The summed E-state index contributed by atoms with van der Waals surface area (Å²) in [6, 6.07) is 12.5. The predicted molar refractivity (Wildman–Crippen MR) is 92.3 cm³/mol. The van der Waals surface area contributed by atoms with E-state index in [4.69, 9.17) is 10.2 Å². The quantitative estimate of drug-likeness (QED) is 0.825. The van der Waals surface area contributed by atoms with Gasteiger partial charge in [-0.05, 0) is 38.4 Å². The molecule has 2 bridgehead atoms. The minimum absolute atomic E-state index is 0.558. The number of carboxylic acids is 2. The largest absolute Gasteiger partial charge is 0.478 e. The molecule has 0 amide bonds. The minimum atomic E-state index is -1.26. The highest BCUT2D eigenvalue weighted by Gasteiger charge is 2.34. The van der Waals surface area contributed by atoms with Gasteiger partial charge >= 0.3 is 11.9 Å². The molecule has 0 spiro atoms. The fraction of sp³-hybridized carbons (Fsp3) is 0.444. The molecular weight excluding hydrogens is 308 g/mol. The van der Waals surface area contributed by atoms with E-state index in [1.807, 2.05) is 0 Å². The van der Waals surface area contributed by atoms with Crippen LogP contribution in [-0.4, -0.2) is 59.3 Å². The number of fused-ring (bicyclic) bond motifs is 2. The summed E-state index contributed by atoms with van der Waals surface area (Å²) in [5.41, 5.74) is 1.39. The van der Waals surface area contributed by atoms with E-state index in [0.29, 0.717) is 12.2 Å². The standard InChI is InChI=1S/C14H20N2.C4H4O4/c1-15-12-7-8-14(15)11-16(10-9-12)13-5-3-2-4-6-13;5-3(6)1-2-4(7)8/h2-6,12,14H,7-11H2,1H3;1-2H,(H,5,6)(H,7,8)/b;2-1+. The zero-order valence-electron chi connectivity index (χ0n) is 13.8. The Morgan fingerprint density at radius 1 is 1.00 bits per heavy atom. The van der Waals surface area contributed by atoms with Crippen LogP contribution in [0.3, 0.4) is 0 Å². The second-order valence-electron chi connectivity index (χ2n) is 6.13. The van der Waals surface area contributed by atoms with Gasteiger partial charge in [0.25, 0.3) is 0 Å². The Kier molecular flexibility index (Phi) is 6.37. The van der Waals surface area contributed by atoms with Crippen LogP contribution in [0.5, 0.6) is 0 Å². The Morgan fingerprint density at radius 2 is 1.58 bits per heavy atom. The van der Waals surface area contributed by atoms with Crippen molar-refractivity contribution in [2.24, 2.45) is 0 Å². The number of hydrogen-bond donors (Lipinski definition) is 2. The van der Waals surface area contributed by atoms with Crippen LogP contribution in [0, 0.1) is 0 Å². The molecule has 6 nitrogen and oxygen atoms in total. The molecule has 2 aliphatic heterocycles. The van der Waals surface area contributed by atoms with Crippen molar-refractivity contribution in [3.8, 4) is 0 Å². The fourth-order valence-corrected chi connectivity index (χ4v) is 3.32. The SMILES string of the molecule is CN1C2CCC1CN(c1ccccc1)CC2.O=C(O)/C=C/C(=O)O. The van der Waals surface area contributed by atoms with E-state index in [1.54, 1.807) is 0 Å². The van der Waals surface area contributed by atoms with Gasteiger partial charge in [-0.3, -0.25) is 4.90 Å². The lowest BCUT2D eigenvalue weighted by molar-refractivity contribution is -0.134. The van der Waals surface area contributed by atoms with Crippen LogP contribution >= 0.6 is 0 Å². The molecule has 130 valence electrons. The van der Waals surface area contributed by atoms with E-state index >= 15 is 0 Å². The molecule has 2 aliphatic rings. The molecular formula is C18H24N2O4. The molecule has 2 heterocycles. The molecule has 0 radical (unpaired) electrons. The molecule has 0 aliphatic carbocycles. The van der Waals surface area contributed by atoms with Gasteiger partial charge in [-0.15, -0.1) is 0 Å². The summed E-state index contributed by atoms with van der Waals surface area (Å²) in [4.78, 5) is 24.3. The predicted octanol–water partition coefficient (Wildman–Crippen LogP) is 2.07. The fourth-order valence-electron chi connectivity index (χ4n) is 3.32. The summed E-state index contributed by atoms with van der Waals surface area (Å²) in [5, 5.41) is 15.6. The summed E-state index contributed by atoms with van der Waals surface area (Å²) in [6.07, 6.45) is 5.22. The number of likely N-dealkylation sites (N-methyl/N-ethyl adjacent to an activating group) is 1. The smallest absolute Gasteiger partial charge is 0.328 e. The van der Waals surface area contributed by atoms with E-state index < -0.39 is 11.9 Å². The third-order valence-electron chi connectivity index (χ3n) is 4.64. The van der Waals surface area contributed by atoms with Gasteiger partial charge < -0.3 is 15.1 Å². The topological polar surface area (TPSA) is 81.1 Å². The first-order chi connectivity index (χ1) is 11.5. The number of anilines is 1. The summed E-state index contributed by atoms with van der Waals surface area (Å²) in [7, 11) is 2.30. The van der Waals surface area contributed by atoms with Crippen molar-refractivity contribution < 1.29 is 19.8 Å². The number of para-hydroxylation sites is 1. The first kappa shape index (κ1) is 18.0. The molecule has 2 unspecified atom stereocenters. The van der Waals surface area contributed by atoms with Crippen molar-refractivity contribution in [1.82, 2.24) is 4.90 Å². The van der Waals surface area contributed by atoms with Gasteiger partial charge in [-0.25, -0.2) is 9.59 Å². The molecule has 1 aromatic rings. The summed E-state index contributed by atoms with van der Waals surface area (Å²) in [6.45, 7) is 2.42. The summed E-state index contributed by atoms with van der Waals surface area (Å²) in [5.74, 6) is -2.51. The lowest BCUT2D eigenvalue weighted by atomic mass is 10.1. The number of nitrogens with zero attached hydrogens (tertiary/aromatic N) is 2. The van der Waals surface area contributed by atoms with Gasteiger partial charge in [-0.1, -0.05) is 18.2 Å². The van der Waals surface area contributed by atoms with Gasteiger partial charge in [0.2, 0.25) is 0 Å². The molecule has 1 aromatic carbocycles. The Hall–Kier alpha value is -2.34. The van der Waals surface area contributed by atoms with E-state index in [9.17, 15) is 9.59 Å². The second kappa shape index (κ2) is 8.49. The zero-order valence-corrected chi connectivity index (χ0v) is 13.8. The third-order valence-corrected chi connectivity index (χ3v) is 4.64. The van der Waals surface area contributed by atoms with E-state index in [-0.39, 0.29) is 0 Å². The van der Waals surface area contributed by atoms with E-state index in [1.165, 1.54) is 38.0 Å². The third kappa shape index (κ3) is 5.09. The summed E-state index contributed by atoms with van der Waals surface area (Å²) < 4.78 is 0. The normalized spacial score (nSPS) is 23.5. The van der Waals surface area contributed by atoms with Gasteiger partial charge in [0.15, 0.2) is 0 Å². The zero-order chi connectivity index (χ0) is 17.5. The Labute approximate surface area is 142 Å². The van der Waals surface area contributed by atoms with Crippen LogP contribution in [0.1, 0.15) is 19.3 Å². The number of benzene rings is 1. The van der Waals surface area contributed by atoms with Crippen molar-refractivity contribution in [3.05, 3.63) is 42.5 Å². The highest BCUT2D eigenvalue weighted by Crippen LogP contribution is 2.30. The molecule has 6 heteroatoms. The van der Waals surface area contributed by atoms with Gasteiger partial charge in [0, 0.05) is 43.0 Å². The Balaban J connectivity index is 0.000000224. The number of hydrogen-bond acceptors (Lipinski definition) is 4. The monoisotopic (exact) mass is 332 g/mol. The van der Waals surface area contributed by atoms with E-state index in [0.717, 1.165) is 12.1 Å². The molecule has 2 fully saturated rings. The maximum Gasteiger partial charge on any atom is 0.328 e. The van der Waals surface area contributed by atoms with Gasteiger partial charge in [-0.2, -0.15) is 0 Å². The van der Waals surface area contributed by atoms with Gasteiger partial charge in [0.1, 0.15) is 0 Å². The Morgan fingerprint density at radius 3 is 2.17 bits per heavy atom. The average molecular weight is 332 g/mol. The van der Waals surface area contributed by atoms with Crippen molar-refractivity contribution in [2.45, 2.75) is 31.3 Å². The molecule has 3 rings (SSSR count). The van der Waals surface area contributed by atoms with Crippen LogP contribution in [0.2, 0.25) is 0 Å². The van der Waals surface area contributed by atoms with Crippen molar-refractivity contribution >= 4 is 17.6 Å². The van der Waals surface area contributed by atoms with Crippen LogP contribution in [0.25, 0.3) is 0 Å². The molecule has 2 saturated heterocycles. The van der Waals surface area contributed by atoms with Gasteiger partial charge in [0.05, 0.1) is 0 Å². The number of aliphatic carboxylic acids is 2. The van der Waals surface area contributed by atoms with Crippen LogP contribution in [0.4, 0.5) is 5.69 Å². The Bertz CT molecular complexity index is 572. The molecule has 2 N–H and O–H groups in total. The second-order valence-corrected chi connectivity index (χ2v) is 6.13. The van der Waals surface area contributed by atoms with Crippen LogP contribution in [-0.2, 0) is 9.59 Å². The van der Waals surface area contributed by atoms with Crippen molar-refractivity contribution in [2.75, 3.05) is 25.0 Å². The maximum absolute atomic E-state index is 9.55. The van der Waals surface area contributed by atoms with Crippen LogP contribution in [0.15, 0.2) is 42.5 Å². The number of carboxylic acid groups (broad SMARTS) is 2. The first-order valence-electron chi connectivity index (χ1n) is 8.13. The minimum Gasteiger partial charge on any atom is -0.478 e. The van der Waals surface area contributed by atoms with Crippen LogP contribution < -0.4 is 4.90 Å². The van der Waals surface area contributed by atoms with Crippen molar-refractivity contribution in [1.29, 1.82) is 0 Å². The maximum atomic E-state index is 9.55. The highest BCUT2D eigenvalue weighted by molar-refractivity contribution is 5.89. The molecule has 0 aromatic heterocycles. The summed E-state index contributed by atoms with van der Waals surface area (Å²) >= 11 is 0. The molecule has 0 saturated carbocycles. The number of carbonyl (C=O) groups is 2.